The van der Waals surface area contributed by atoms with Gasteiger partial charge in [0.2, 0.25) is 0 Å². The fourth-order valence-electron chi connectivity index (χ4n) is 2.40. The molecule has 0 bridgehead atoms. The zero-order valence-corrected chi connectivity index (χ0v) is 9.89. The summed E-state index contributed by atoms with van der Waals surface area (Å²) in [4.78, 5) is 0. The number of hydrogen-bond donors (Lipinski definition) is 1. The highest BCUT2D eigenvalue weighted by Gasteiger charge is 2.33. The van der Waals surface area contributed by atoms with Crippen molar-refractivity contribution in [2.45, 2.75) is 46.3 Å². The standard InChI is InChI=1S/C12H23NO/c1-5-9-8-11(10(9)6-2)12(13-4)14-7-3/h11-13H,5-8H2,1-4H3/t11-,12-/m1/s1. The smallest absolute Gasteiger partial charge is 0.114 e. The molecule has 14 heavy (non-hydrogen) atoms. The molecule has 0 saturated heterocycles. The van der Waals surface area contributed by atoms with Crippen LogP contribution in [-0.2, 0) is 4.74 Å². The quantitative estimate of drug-likeness (QED) is 0.522. The van der Waals surface area contributed by atoms with Crippen LogP contribution in [0.1, 0.15) is 40.0 Å². The Morgan fingerprint density at radius 1 is 1.36 bits per heavy atom. The minimum atomic E-state index is 0.227. The largest absolute Gasteiger partial charge is 0.363 e. The first-order chi connectivity index (χ1) is 6.78. The lowest BCUT2D eigenvalue weighted by atomic mass is 9.74. The van der Waals surface area contributed by atoms with E-state index in [1.165, 1.54) is 19.3 Å². The Hall–Kier alpha value is -0.340. The number of allylic oxidation sites excluding steroid dienone is 1. The summed E-state index contributed by atoms with van der Waals surface area (Å²) in [6.45, 7) is 7.34. The minimum Gasteiger partial charge on any atom is -0.363 e. The Morgan fingerprint density at radius 3 is 2.50 bits per heavy atom. The van der Waals surface area contributed by atoms with E-state index in [1.54, 1.807) is 11.1 Å². The molecule has 0 aromatic rings. The van der Waals surface area contributed by atoms with E-state index in [-0.39, 0.29) is 6.23 Å². The first kappa shape index (κ1) is 11.7. The molecule has 0 amide bonds. The Balaban J connectivity index is 2.59. The van der Waals surface area contributed by atoms with Crippen molar-refractivity contribution in [3.05, 3.63) is 11.1 Å². The van der Waals surface area contributed by atoms with Crippen LogP contribution in [0.4, 0.5) is 0 Å². The van der Waals surface area contributed by atoms with Crippen LogP contribution in [-0.4, -0.2) is 19.9 Å². The van der Waals surface area contributed by atoms with Gasteiger partial charge in [-0.1, -0.05) is 25.0 Å². The highest BCUT2D eigenvalue weighted by atomic mass is 16.5. The van der Waals surface area contributed by atoms with Crippen LogP contribution < -0.4 is 5.32 Å². The molecule has 2 atom stereocenters. The highest BCUT2D eigenvalue weighted by molar-refractivity contribution is 5.29. The van der Waals surface area contributed by atoms with Gasteiger partial charge in [-0.05, 0) is 33.2 Å². The summed E-state index contributed by atoms with van der Waals surface area (Å²) in [5.41, 5.74) is 3.28. The Bertz CT molecular complexity index is 210. The zero-order chi connectivity index (χ0) is 10.6. The van der Waals surface area contributed by atoms with Crippen LogP contribution in [0.3, 0.4) is 0 Å². The van der Waals surface area contributed by atoms with Crippen LogP contribution >= 0.6 is 0 Å². The van der Waals surface area contributed by atoms with Crippen molar-refractivity contribution in [1.82, 2.24) is 5.32 Å². The molecule has 0 radical (unpaired) electrons. The number of ether oxygens (including phenoxy) is 1. The average molecular weight is 197 g/mol. The predicted molar refractivity (Wildman–Crippen MR) is 60.2 cm³/mol. The van der Waals surface area contributed by atoms with Gasteiger partial charge in [-0.3, -0.25) is 5.32 Å². The molecule has 0 fully saturated rings. The molecule has 82 valence electrons. The van der Waals surface area contributed by atoms with Gasteiger partial charge >= 0.3 is 0 Å². The maximum absolute atomic E-state index is 5.67. The van der Waals surface area contributed by atoms with Gasteiger partial charge in [0.1, 0.15) is 6.23 Å². The molecular weight excluding hydrogens is 174 g/mol. The summed E-state index contributed by atoms with van der Waals surface area (Å²) in [6, 6.07) is 0. The molecule has 0 aromatic carbocycles. The summed E-state index contributed by atoms with van der Waals surface area (Å²) >= 11 is 0. The van der Waals surface area contributed by atoms with Gasteiger partial charge in [-0.25, -0.2) is 0 Å². The molecule has 1 aliphatic carbocycles. The molecule has 0 aromatic heterocycles. The lowest BCUT2D eigenvalue weighted by Crippen LogP contribution is -2.41. The molecule has 0 aliphatic heterocycles. The van der Waals surface area contributed by atoms with Gasteiger partial charge in [0, 0.05) is 12.5 Å². The fourth-order valence-corrected chi connectivity index (χ4v) is 2.40. The summed E-state index contributed by atoms with van der Waals surface area (Å²) in [6.07, 6.45) is 3.84. The minimum absolute atomic E-state index is 0.227. The Kier molecular flexibility index (Phi) is 4.63. The molecule has 0 spiro atoms. The van der Waals surface area contributed by atoms with Crippen molar-refractivity contribution >= 4 is 0 Å². The molecule has 0 unspecified atom stereocenters. The van der Waals surface area contributed by atoms with E-state index in [9.17, 15) is 0 Å². The van der Waals surface area contributed by atoms with Gasteiger partial charge in [0.15, 0.2) is 0 Å². The summed E-state index contributed by atoms with van der Waals surface area (Å²) in [5, 5.41) is 3.26. The van der Waals surface area contributed by atoms with E-state index in [1.807, 2.05) is 7.05 Å². The molecule has 1 rings (SSSR count). The first-order valence-electron chi connectivity index (χ1n) is 5.78. The highest BCUT2D eigenvalue weighted by Crippen LogP contribution is 2.40. The lowest BCUT2D eigenvalue weighted by molar-refractivity contribution is 0.00419. The second kappa shape index (κ2) is 5.52. The molecule has 2 nitrogen and oxygen atoms in total. The van der Waals surface area contributed by atoms with E-state index in [0.717, 1.165) is 6.61 Å². The van der Waals surface area contributed by atoms with Gasteiger partial charge in [-0.2, -0.15) is 0 Å². The lowest BCUT2D eigenvalue weighted by Gasteiger charge is -2.38. The predicted octanol–water partition coefficient (Wildman–Crippen LogP) is 2.70. The van der Waals surface area contributed by atoms with E-state index in [2.05, 4.69) is 26.1 Å². The molecular formula is C12H23NO. The first-order valence-corrected chi connectivity index (χ1v) is 5.78. The van der Waals surface area contributed by atoms with Gasteiger partial charge in [0.05, 0.1) is 0 Å². The van der Waals surface area contributed by atoms with Crippen molar-refractivity contribution in [2.24, 2.45) is 5.92 Å². The maximum atomic E-state index is 5.67. The molecule has 2 heteroatoms. The SMILES string of the molecule is CCO[C@@H](NC)[C@@H]1CC(CC)=C1CC. The monoisotopic (exact) mass is 197 g/mol. The van der Waals surface area contributed by atoms with Crippen molar-refractivity contribution in [3.63, 3.8) is 0 Å². The third-order valence-electron chi connectivity index (χ3n) is 3.17. The van der Waals surface area contributed by atoms with Gasteiger partial charge in [-0.15, -0.1) is 0 Å². The van der Waals surface area contributed by atoms with Crippen LogP contribution in [0.2, 0.25) is 0 Å². The van der Waals surface area contributed by atoms with Crippen LogP contribution in [0, 0.1) is 5.92 Å². The van der Waals surface area contributed by atoms with Crippen LogP contribution in [0.25, 0.3) is 0 Å². The van der Waals surface area contributed by atoms with Gasteiger partial charge in [0.25, 0.3) is 0 Å². The number of hydrogen-bond acceptors (Lipinski definition) is 2. The van der Waals surface area contributed by atoms with Crippen molar-refractivity contribution in [2.75, 3.05) is 13.7 Å². The van der Waals surface area contributed by atoms with Crippen molar-refractivity contribution in [3.8, 4) is 0 Å². The van der Waals surface area contributed by atoms with E-state index >= 15 is 0 Å². The number of nitrogens with one attached hydrogen (secondary N) is 1. The number of rotatable bonds is 6. The van der Waals surface area contributed by atoms with Crippen LogP contribution in [0.5, 0.6) is 0 Å². The summed E-state index contributed by atoms with van der Waals surface area (Å²) < 4.78 is 5.67. The Labute approximate surface area is 87.7 Å². The topological polar surface area (TPSA) is 21.3 Å². The van der Waals surface area contributed by atoms with Crippen LogP contribution in [0.15, 0.2) is 11.1 Å². The van der Waals surface area contributed by atoms with E-state index < -0.39 is 0 Å². The normalized spacial score (nSPS) is 23.6. The third kappa shape index (κ3) is 2.18. The molecule has 0 saturated carbocycles. The zero-order valence-electron chi connectivity index (χ0n) is 9.89. The Morgan fingerprint density at radius 2 is 2.07 bits per heavy atom. The van der Waals surface area contributed by atoms with E-state index in [0.29, 0.717) is 5.92 Å². The van der Waals surface area contributed by atoms with Crippen molar-refractivity contribution < 1.29 is 4.74 Å². The molecule has 1 N–H and O–H groups in total. The third-order valence-corrected chi connectivity index (χ3v) is 3.17. The molecule has 1 aliphatic rings. The second-order valence-electron chi connectivity index (χ2n) is 3.81. The molecule has 0 heterocycles. The van der Waals surface area contributed by atoms with Gasteiger partial charge < -0.3 is 4.74 Å². The van der Waals surface area contributed by atoms with Crippen molar-refractivity contribution in [1.29, 1.82) is 0 Å². The maximum Gasteiger partial charge on any atom is 0.114 e. The second-order valence-corrected chi connectivity index (χ2v) is 3.81. The summed E-state index contributed by atoms with van der Waals surface area (Å²) in [5.74, 6) is 0.625. The summed E-state index contributed by atoms with van der Waals surface area (Å²) in [7, 11) is 1.98. The van der Waals surface area contributed by atoms with E-state index in [4.69, 9.17) is 4.74 Å². The fraction of sp³-hybridized carbons (Fsp3) is 0.833. The average Bonchev–Trinajstić information content (AvgIpc) is 2.16.